The monoisotopic (exact) mass is 586 g/mol. The number of unbranched alkanes of at least 4 members (excludes halogenated alkanes) is 2. The van der Waals surface area contributed by atoms with E-state index in [9.17, 15) is 14.7 Å². The van der Waals surface area contributed by atoms with Gasteiger partial charge in [0.1, 0.15) is 11.5 Å². The standard InChI is InChI=1S/C33H34N2O6S/c1-6-7-8-14-41-24-13-12-21(18-25(24)40-5)29-27(30(36)22-10-9-11-23(17-22)39-4)31(37)32(38)35(29)33-34-28-20(3)15-19(2)16-26(28)42-33/h9-13,15-18,29,36H,6-8,14H2,1-5H3. The summed E-state index contributed by atoms with van der Waals surface area (Å²) in [6.45, 7) is 6.65. The molecule has 218 valence electrons. The molecule has 3 aromatic carbocycles. The van der Waals surface area contributed by atoms with Crippen molar-refractivity contribution in [2.24, 2.45) is 0 Å². The molecule has 1 aliphatic heterocycles. The number of anilines is 1. The Bertz CT molecular complexity index is 1690. The van der Waals surface area contributed by atoms with Gasteiger partial charge in [-0.3, -0.25) is 14.5 Å². The summed E-state index contributed by atoms with van der Waals surface area (Å²) < 4.78 is 17.9. The fourth-order valence-electron chi connectivity index (χ4n) is 5.24. The average Bonchev–Trinajstić information content (AvgIpc) is 3.53. The van der Waals surface area contributed by atoms with E-state index in [4.69, 9.17) is 19.2 Å². The molecule has 1 unspecified atom stereocenters. The second-order valence-corrected chi connectivity index (χ2v) is 11.3. The Morgan fingerprint density at radius 2 is 1.81 bits per heavy atom. The summed E-state index contributed by atoms with van der Waals surface area (Å²) in [6.07, 6.45) is 3.05. The van der Waals surface area contributed by atoms with Gasteiger partial charge in [0.2, 0.25) is 0 Å². The molecule has 9 heteroatoms. The molecule has 4 aromatic rings. The zero-order valence-corrected chi connectivity index (χ0v) is 25.2. The number of rotatable bonds is 10. The number of nitrogens with zero attached hydrogens (tertiary/aromatic N) is 2. The summed E-state index contributed by atoms with van der Waals surface area (Å²) in [7, 11) is 3.07. The molecule has 1 N–H and O–H groups in total. The van der Waals surface area contributed by atoms with E-state index >= 15 is 0 Å². The Morgan fingerprint density at radius 3 is 2.55 bits per heavy atom. The van der Waals surface area contributed by atoms with Gasteiger partial charge in [0.05, 0.1) is 42.7 Å². The quantitative estimate of drug-likeness (QED) is 0.0914. The van der Waals surface area contributed by atoms with Crippen LogP contribution in [-0.4, -0.2) is 42.6 Å². The van der Waals surface area contributed by atoms with Gasteiger partial charge in [-0.15, -0.1) is 0 Å². The molecule has 0 aliphatic carbocycles. The third-order valence-corrected chi connectivity index (χ3v) is 8.32. The largest absolute Gasteiger partial charge is 0.507 e. The van der Waals surface area contributed by atoms with Crippen molar-refractivity contribution >= 4 is 44.1 Å². The molecule has 5 rings (SSSR count). The van der Waals surface area contributed by atoms with Gasteiger partial charge in [-0.25, -0.2) is 4.98 Å². The van der Waals surface area contributed by atoms with Gasteiger partial charge in [-0.1, -0.05) is 55.4 Å². The number of aliphatic hydroxyl groups is 1. The number of amides is 1. The molecule has 1 amide bonds. The first-order valence-corrected chi connectivity index (χ1v) is 14.7. The number of aromatic nitrogens is 1. The van der Waals surface area contributed by atoms with Crippen LogP contribution in [0.25, 0.3) is 16.0 Å². The first kappa shape index (κ1) is 29.1. The molecule has 1 aromatic heterocycles. The van der Waals surface area contributed by atoms with Gasteiger partial charge < -0.3 is 19.3 Å². The Morgan fingerprint density at radius 1 is 1.00 bits per heavy atom. The number of aliphatic hydroxyl groups excluding tert-OH is 1. The molecular weight excluding hydrogens is 552 g/mol. The van der Waals surface area contributed by atoms with Crippen LogP contribution in [0.2, 0.25) is 0 Å². The van der Waals surface area contributed by atoms with Crippen molar-refractivity contribution in [2.75, 3.05) is 25.7 Å². The Kier molecular flexibility index (Phi) is 8.49. The number of ether oxygens (including phenoxy) is 3. The number of hydrogen-bond acceptors (Lipinski definition) is 8. The van der Waals surface area contributed by atoms with Crippen LogP contribution >= 0.6 is 11.3 Å². The van der Waals surface area contributed by atoms with Crippen molar-refractivity contribution in [3.05, 3.63) is 82.4 Å². The second kappa shape index (κ2) is 12.2. The Hall–Kier alpha value is -4.37. The summed E-state index contributed by atoms with van der Waals surface area (Å²) >= 11 is 1.33. The zero-order chi connectivity index (χ0) is 30.0. The van der Waals surface area contributed by atoms with Crippen LogP contribution in [0.15, 0.2) is 60.2 Å². The van der Waals surface area contributed by atoms with Crippen LogP contribution in [0.5, 0.6) is 17.2 Å². The number of hydrogen-bond donors (Lipinski definition) is 1. The van der Waals surface area contributed by atoms with Gasteiger partial charge >= 0.3 is 5.91 Å². The highest BCUT2D eigenvalue weighted by molar-refractivity contribution is 7.22. The lowest BCUT2D eigenvalue weighted by Gasteiger charge is -2.24. The molecule has 0 saturated carbocycles. The maximum Gasteiger partial charge on any atom is 0.301 e. The number of fused-ring (bicyclic) bond motifs is 1. The van der Waals surface area contributed by atoms with Gasteiger partial charge in [0, 0.05) is 5.56 Å². The molecule has 1 saturated heterocycles. The lowest BCUT2D eigenvalue weighted by Crippen LogP contribution is -2.29. The number of Topliss-reactive ketones (excluding diaryl/α,β-unsaturated/α-hetero) is 1. The highest BCUT2D eigenvalue weighted by Crippen LogP contribution is 2.46. The van der Waals surface area contributed by atoms with Crippen LogP contribution in [0.3, 0.4) is 0 Å². The minimum atomic E-state index is -0.957. The van der Waals surface area contributed by atoms with Crippen molar-refractivity contribution in [3.63, 3.8) is 0 Å². The third-order valence-electron chi connectivity index (χ3n) is 7.32. The van der Waals surface area contributed by atoms with E-state index in [0.29, 0.717) is 40.1 Å². The number of carbonyl (C=O) groups is 2. The van der Waals surface area contributed by atoms with Crippen molar-refractivity contribution in [1.82, 2.24) is 4.98 Å². The van der Waals surface area contributed by atoms with Crippen molar-refractivity contribution < 1.29 is 28.9 Å². The minimum Gasteiger partial charge on any atom is -0.507 e. The first-order chi connectivity index (χ1) is 20.3. The number of aryl methyl sites for hydroxylation is 2. The predicted octanol–water partition coefficient (Wildman–Crippen LogP) is 7.13. The molecule has 0 spiro atoms. The Balaban J connectivity index is 1.68. The summed E-state index contributed by atoms with van der Waals surface area (Å²) in [4.78, 5) is 33.6. The number of ketones is 1. The van der Waals surface area contributed by atoms with Crippen LogP contribution < -0.4 is 19.1 Å². The van der Waals surface area contributed by atoms with Crippen molar-refractivity contribution in [2.45, 2.75) is 46.1 Å². The fraction of sp³-hybridized carbons (Fsp3) is 0.303. The molecule has 8 nitrogen and oxygen atoms in total. The summed E-state index contributed by atoms with van der Waals surface area (Å²) in [5, 5.41) is 11.9. The van der Waals surface area contributed by atoms with E-state index in [0.717, 1.165) is 40.6 Å². The summed E-state index contributed by atoms with van der Waals surface area (Å²) in [5.74, 6) is -0.331. The van der Waals surface area contributed by atoms with E-state index in [1.54, 1.807) is 49.6 Å². The average molecular weight is 587 g/mol. The molecule has 0 radical (unpaired) electrons. The number of carbonyl (C=O) groups excluding carboxylic acids is 2. The van der Waals surface area contributed by atoms with E-state index in [2.05, 4.69) is 6.92 Å². The lowest BCUT2D eigenvalue weighted by molar-refractivity contribution is -0.132. The molecular formula is C33H34N2O6S. The SMILES string of the molecule is CCCCCOc1ccc(C2C(=C(O)c3cccc(OC)c3)C(=O)C(=O)N2c2nc3c(C)cc(C)cc3s2)cc1OC. The molecule has 1 fully saturated rings. The van der Waals surface area contributed by atoms with Crippen LogP contribution in [-0.2, 0) is 9.59 Å². The van der Waals surface area contributed by atoms with Crippen molar-refractivity contribution in [1.29, 1.82) is 0 Å². The fourth-order valence-corrected chi connectivity index (χ4v) is 6.41. The smallest absolute Gasteiger partial charge is 0.301 e. The van der Waals surface area contributed by atoms with E-state index in [1.165, 1.54) is 23.3 Å². The number of benzene rings is 3. The number of thiazole rings is 1. The topological polar surface area (TPSA) is 98.2 Å². The van der Waals surface area contributed by atoms with E-state index in [-0.39, 0.29) is 11.3 Å². The molecule has 1 aliphatic rings. The van der Waals surface area contributed by atoms with Crippen LogP contribution in [0, 0.1) is 13.8 Å². The van der Waals surface area contributed by atoms with Gasteiger partial charge in [0.15, 0.2) is 16.6 Å². The van der Waals surface area contributed by atoms with Crippen LogP contribution in [0.4, 0.5) is 5.13 Å². The second-order valence-electron chi connectivity index (χ2n) is 10.3. The number of methoxy groups -OCH3 is 2. The van der Waals surface area contributed by atoms with Crippen LogP contribution in [0.1, 0.15) is 54.5 Å². The van der Waals surface area contributed by atoms with E-state index in [1.807, 2.05) is 26.0 Å². The van der Waals surface area contributed by atoms with Crippen molar-refractivity contribution in [3.8, 4) is 17.2 Å². The summed E-state index contributed by atoms with van der Waals surface area (Å²) in [6, 6.07) is 15.1. The molecule has 42 heavy (non-hydrogen) atoms. The zero-order valence-electron chi connectivity index (χ0n) is 24.4. The molecule has 1 atom stereocenters. The van der Waals surface area contributed by atoms with E-state index < -0.39 is 17.7 Å². The van der Waals surface area contributed by atoms with Gasteiger partial charge in [-0.05, 0) is 67.3 Å². The van der Waals surface area contributed by atoms with Gasteiger partial charge in [0.25, 0.3) is 5.78 Å². The van der Waals surface area contributed by atoms with Gasteiger partial charge in [-0.2, -0.15) is 0 Å². The normalized spacial score (nSPS) is 16.3. The highest BCUT2D eigenvalue weighted by Gasteiger charge is 2.48. The minimum absolute atomic E-state index is 0.0425. The Labute approximate surface area is 249 Å². The summed E-state index contributed by atoms with van der Waals surface area (Å²) in [5.41, 5.74) is 3.70. The third kappa shape index (κ3) is 5.44. The lowest BCUT2D eigenvalue weighted by atomic mass is 9.95. The maximum absolute atomic E-state index is 13.7. The predicted molar refractivity (Wildman–Crippen MR) is 165 cm³/mol. The highest BCUT2D eigenvalue weighted by atomic mass is 32.1. The first-order valence-electron chi connectivity index (χ1n) is 13.9. The maximum atomic E-state index is 13.7. The molecule has 0 bridgehead atoms. The molecule has 2 heterocycles.